The highest BCUT2D eigenvalue weighted by Gasteiger charge is 2.20. The van der Waals surface area contributed by atoms with Crippen LogP contribution in [0.25, 0.3) is 5.13 Å². The van der Waals surface area contributed by atoms with Crippen LogP contribution in [0.5, 0.6) is 0 Å². The first-order chi connectivity index (χ1) is 14.4. The summed E-state index contributed by atoms with van der Waals surface area (Å²) in [6, 6.07) is 17.5. The van der Waals surface area contributed by atoms with Crippen molar-refractivity contribution < 1.29 is 4.79 Å². The number of hydrogen-bond acceptors (Lipinski definition) is 4. The molecule has 0 fully saturated rings. The van der Waals surface area contributed by atoms with Gasteiger partial charge in [-0.3, -0.25) is 14.7 Å². The molecule has 4 rings (SSSR count). The zero-order valence-electron chi connectivity index (χ0n) is 17.0. The van der Waals surface area contributed by atoms with E-state index in [0.717, 1.165) is 22.5 Å². The van der Waals surface area contributed by atoms with E-state index in [1.807, 2.05) is 68.4 Å². The van der Waals surface area contributed by atoms with Gasteiger partial charge >= 0.3 is 0 Å². The van der Waals surface area contributed by atoms with Crippen LogP contribution in [0.4, 0.5) is 5.69 Å². The Morgan fingerprint density at radius 2 is 1.87 bits per heavy atom. The standard InChI is InChI=1S/C23H22N4O2S/c1-14-8-7-11-18(12-14)25-21(28)20-16(3)24-23(30-20)27-22(29)19(15(2)26-27)13-17-9-5-4-6-10-17/h4-12,26H,13H2,1-3H3,(H,25,28). The third kappa shape index (κ3) is 3.97. The zero-order valence-corrected chi connectivity index (χ0v) is 17.8. The first-order valence-corrected chi connectivity index (χ1v) is 10.4. The largest absolute Gasteiger partial charge is 0.321 e. The summed E-state index contributed by atoms with van der Waals surface area (Å²) in [5, 5.41) is 6.46. The van der Waals surface area contributed by atoms with Crippen LogP contribution in [0.1, 0.15) is 37.7 Å². The van der Waals surface area contributed by atoms with Gasteiger partial charge in [0.1, 0.15) is 4.88 Å². The lowest BCUT2D eigenvalue weighted by Gasteiger charge is -2.04. The Morgan fingerprint density at radius 1 is 1.10 bits per heavy atom. The predicted molar refractivity (Wildman–Crippen MR) is 120 cm³/mol. The van der Waals surface area contributed by atoms with Crippen molar-refractivity contribution in [3.05, 3.63) is 97.9 Å². The summed E-state index contributed by atoms with van der Waals surface area (Å²) >= 11 is 1.20. The number of aromatic amines is 1. The fourth-order valence-electron chi connectivity index (χ4n) is 3.32. The molecule has 2 aromatic carbocycles. The van der Waals surface area contributed by atoms with Gasteiger partial charge in [0.15, 0.2) is 0 Å². The van der Waals surface area contributed by atoms with E-state index in [9.17, 15) is 9.59 Å². The van der Waals surface area contributed by atoms with Gasteiger partial charge in [-0.1, -0.05) is 53.8 Å². The lowest BCUT2D eigenvalue weighted by molar-refractivity contribution is 0.103. The Kier molecular flexibility index (Phi) is 5.37. The van der Waals surface area contributed by atoms with Gasteiger partial charge in [-0.25, -0.2) is 4.98 Å². The molecule has 2 heterocycles. The van der Waals surface area contributed by atoms with E-state index < -0.39 is 0 Å². The maximum absolute atomic E-state index is 13.0. The van der Waals surface area contributed by atoms with E-state index in [-0.39, 0.29) is 11.5 Å². The van der Waals surface area contributed by atoms with E-state index in [1.165, 1.54) is 16.0 Å². The number of amides is 1. The number of nitrogens with one attached hydrogen (secondary N) is 2. The zero-order chi connectivity index (χ0) is 21.3. The molecule has 1 amide bonds. The van der Waals surface area contributed by atoms with Crippen molar-refractivity contribution in [2.24, 2.45) is 0 Å². The van der Waals surface area contributed by atoms with Crippen molar-refractivity contribution in [2.45, 2.75) is 27.2 Å². The molecule has 2 aromatic heterocycles. The van der Waals surface area contributed by atoms with Crippen molar-refractivity contribution in [1.82, 2.24) is 14.8 Å². The number of aryl methyl sites for hydroxylation is 3. The van der Waals surface area contributed by atoms with Gasteiger partial charge < -0.3 is 5.32 Å². The monoisotopic (exact) mass is 418 g/mol. The summed E-state index contributed by atoms with van der Waals surface area (Å²) in [7, 11) is 0. The normalized spacial score (nSPS) is 10.9. The topological polar surface area (TPSA) is 79.8 Å². The Morgan fingerprint density at radius 3 is 2.60 bits per heavy atom. The molecule has 0 aliphatic heterocycles. The Balaban J connectivity index is 1.62. The second-order valence-corrected chi connectivity index (χ2v) is 8.23. The molecular weight excluding hydrogens is 396 g/mol. The summed E-state index contributed by atoms with van der Waals surface area (Å²) < 4.78 is 1.43. The molecule has 30 heavy (non-hydrogen) atoms. The molecule has 0 atom stereocenters. The fraction of sp³-hybridized carbons (Fsp3) is 0.174. The molecule has 7 heteroatoms. The number of thiazole rings is 1. The molecule has 0 aliphatic rings. The van der Waals surface area contributed by atoms with Crippen LogP contribution in [0.2, 0.25) is 0 Å². The number of nitrogens with zero attached hydrogens (tertiary/aromatic N) is 2. The van der Waals surface area contributed by atoms with Gasteiger partial charge in [0.25, 0.3) is 11.5 Å². The second-order valence-electron chi connectivity index (χ2n) is 7.25. The highest BCUT2D eigenvalue weighted by atomic mass is 32.1. The van der Waals surface area contributed by atoms with E-state index in [4.69, 9.17) is 0 Å². The number of carbonyl (C=O) groups excluding carboxylic acids is 1. The lowest BCUT2D eigenvalue weighted by atomic mass is 10.1. The summed E-state index contributed by atoms with van der Waals surface area (Å²) in [5.74, 6) is -0.234. The van der Waals surface area contributed by atoms with Crippen molar-refractivity contribution in [3.63, 3.8) is 0 Å². The van der Waals surface area contributed by atoms with E-state index >= 15 is 0 Å². The summed E-state index contributed by atoms with van der Waals surface area (Å²) in [5.41, 5.74) is 4.79. The maximum Gasteiger partial charge on any atom is 0.277 e. The van der Waals surface area contributed by atoms with Crippen molar-refractivity contribution in [3.8, 4) is 5.13 Å². The minimum absolute atomic E-state index is 0.143. The van der Waals surface area contributed by atoms with Gasteiger partial charge in [-0.2, -0.15) is 4.68 Å². The third-order valence-electron chi connectivity index (χ3n) is 4.88. The Bertz CT molecular complexity index is 1270. The van der Waals surface area contributed by atoms with Crippen molar-refractivity contribution >= 4 is 22.9 Å². The molecule has 0 bridgehead atoms. The van der Waals surface area contributed by atoms with Gasteiger partial charge in [-0.05, 0) is 44.0 Å². The van der Waals surface area contributed by atoms with Crippen LogP contribution in [0, 0.1) is 20.8 Å². The SMILES string of the molecule is Cc1cccc(NC(=O)c2sc(-n3[nH]c(C)c(Cc4ccccc4)c3=O)nc2C)c1. The van der Waals surface area contributed by atoms with Crippen LogP contribution in [0.15, 0.2) is 59.4 Å². The second kappa shape index (κ2) is 8.12. The number of anilines is 1. The first kappa shape index (κ1) is 19.8. The van der Waals surface area contributed by atoms with Crippen molar-refractivity contribution in [2.75, 3.05) is 5.32 Å². The molecule has 6 nitrogen and oxygen atoms in total. The lowest BCUT2D eigenvalue weighted by Crippen LogP contribution is -2.17. The van der Waals surface area contributed by atoms with E-state index in [0.29, 0.717) is 27.7 Å². The Labute approximate surface area is 178 Å². The number of hydrogen-bond donors (Lipinski definition) is 2. The van der Waals surface area contributed by atoms with Gasteiger partial charge in [0, 0.05) is 23.4 Å². The molecule has 2 N–H and O–H groups in total. The molecule has 0 saturated heterocycles. The summed E-state index contributed by atoms with van der Waals surface area (Å²) in [6.45, 7) is 5.62. The van der Waals surface area contributed by atoms with Crippen LogP contribution >= 0.6 is 11.3 Å². The number of H-pyrrole nitrogens is 1. The van der Waals surface area contributed by atoms with Gasteiger partial charge in [-0.15, -0.1) is 0 Å². The summed E-state index contributed by atoms with van der Waals surface area (Å²) in [4.78, 5) is 30.7. The number of carbonyl (C=O) groups is 1. The molecular formula is C23H22N4O2S. The average Bonchev–Trinajstić information content (AvgIpc) is 3.23. The Hall–Kier alpha value is -3.45. The predicted octanol–water partition coefficient (Wildman–Crippen LogP) is 4.39. The summed E-state index contributed by atoms with van der Waals surface area (Å²) in [6.07, 6.45) is 0.542. The molecule has 0 saturated carbocycles. The number of benzene rings is 2. The minimum Gasteiger partial charge on any atom is -0.321 e. The fourth-order valence-corrected chi connectivity index (χ4v) is 4.25. The van der Waals surface area contributed by atoms with Crippen LogP contribution in [0.3, 0.4) is 0 Å². The molecule has 0 aliphatic carbocycles. The van der Waals surface area contributed by atoms with Crippen LogP contribution < -0.4 is 10.9 Å². The van der Waals surface area contributed by atoms with Crippen molar-refractivity contribution in [1.29, 1.82) is 0 Å². The third-order valence-corrected chi connectivity index (χ3v) is 6.02. The maximum atomic E-state index is 13.0. The quantitative estimate of drug-likeness (QED) is 0.504. The first-order valence-electron chi connectivity index (χ1n) is 9.62. The smallest absolute Gasteiger partial charge is 0.277 e. The number of aromatic nitrogens is 3. The average molecular weight is 419 g/mol. The van der Waals surface area contributed by atoms with E-state index in [1.54, 1.807) is 6.92 Å². The van der Waals surface area contributed by atoms with Gasteiger partial charge in [0.05, 0.1) is 5.69 Å². The molecule has 0 spiro atoms. The molecule has 0 radical (unpaired) electrons. The highest BCUT2D eigenvalue weighted by Crippen LogP contribution is 2.23. The molecule has 152 valence electrons. The van der Waals surface area contributed by atoms with Gasteiger partial charge in [0.2, 0.25) is 5.13 Å². The highest BCUT2D eigenvalue weighted by molar-refractivity contribution is 7.16. The minimum atomic E-state index is -0.234. The van der Waals surface area contributed by atoms with E-state index in [2.05, 4.69) is 15.4 Å². The molecule has 4 aromatic rings. The number of rotatable bonds is 5. The van der Waals surface area contributed by atoms with Crippen LogP contribution in [-0.4, -0.2) is 20.7 Å². The molecule has 0 unspecified atom stereocenters. The van der Waals surface area contributed by atoms with Crippen LogP contribution in [-0.2, 0) is 6.42 Å².